The Bertz CT molecular complexity index is 1040. The normalized spacial score (nSPS) is 11.4. The maximum atomic E-state index is 12.2. The van der Waals surface area contributed by atoms with Gasteiger partial charge in [-0.2, -0.15) is 10.4 Å². The minimum atomic E-state index is -0.848. The number of para-hydroxylation sites is 1. The SMILES string of the molecule is C[C@H](C#N)OC(=O)Cc1cn(-c2ccccc2)nc1-c1ccc([N+](=O)[O-])cc1. The van der Waals surface area contributed by atoms with E-state index in [-0.39, 0.29) is 12.1 Å². The van der Waals surface area contributed by atoms with E-state index in [1.165, 1.54) is 19.1 Å². The van der Waals surface area contributed by atoms with Gasteiger partial charge in [-0.1, -0.05) is 18.2 Å². The van der Waals surface area contributed by atoms with Gasteiger partial charge in [0.1, 0.15) is 6.07 Å². The number of ether oxygens (including phenoxy) is 1. The Balaban J connectivity index is 1.99. The molecular formula is C20H16N4O4. The second-order valence-corrected chi connectivity index (χ2v) is 6.03. The van der Waals surface area contributed by atoms with Crippen molar-refractivity contribution in [3.05, 3.63) is 76.5 Å². The molecular weight excluding hydrogens is 360 g/mol. The van der Waals surface area contributed by atoms with E-state index in [0.717, 1.165) is 5.69 Å². The van der Waals surface area contributed by atoms with E-state index in [9.17, 15) is 14.9 Å². The van der Waals surface area contributed by atoms with Gasteiger partial charge in [0, 0.05) is 29.5 Å². The summed E-state index contributed by atoms with van der Waals surface area (Å²) in [5, 5.41) is 24.2. The number of nitro groups is 1. The van der Waals surface area contributed by atoms with Crippen molar-refractivity contribution in [2.75, 3.05) is 0 Å². The van der Waals surface area contributed by atoms with Crippen LogP contribution in [0.5, 0.6) is 0 Å². The first-order valence-electron chi connectivity index (χ1n) is 8.46. The Morgan fingerprint density at radius 2 is 1.93 bits per heavy atom. The first kappa shape index (κ1) is 18.8. The van der Waals surface area contributed by atoms with Gasteiger partial charge in [0.15, 0.2) is 6.10 Å². The molecule has 1 heterocycles. The molecule has 0 N–H and O–H groups in total. The molecule has 0 aliphatic carbocycles. The zero-order valence-electron chi connectivity index (χ0n) is 15.0. The molecule has 8 heteroatoms. The second kappa shape index (κ2) is 8.14. The van der Waals surface area contributed by atoms with Crippen LogP contribution in [0, 0.1) is 21.4 Å². The molecule has 3 aromatic rings. The minimum Gasteiger partial charge on any atom is -0.447 e. The van der Waals surface area contributed by atoms with E-state index >= 15 is 0 Å². The summed E-state index contributed by atoms with van der Waals surface area (Å²) in [7, 11) is 0. The number of aromatic nitrogens is 2. The van der Waals surface area contributed by atoms with Gasteiger partial charge in [-0.25, -0.2) is 4.68 Å². The van der Waals surface area contributed by atoms with Gasteiger partial charge in [0.25, 0.3) is 5.69 Å². The summed E-state index contributed by atoms with van der Waals surface area (Å²) in [6.45, 7) is 1.49. The number of carbonyl (C=O) groups is 1. The van der Waals surface area contributed by atoms with Crippen LogP contribution in [0.3, 0.4) is 0 Å². The molecule has 0 fully saturated rings. The summed E-state index contributed by atoms with van der Waals surface area (Å²) in [5.41, 5.74) is 2.51. The van der Waals surface area contributed by atoms with E-state index in [2.05, 4.69) is 5.10 Å². The molecule has 0 amide bonds. The molecule has 0 unspecified atom stereocenters. The molecule has 28 heavy (non-hydrogen) atoms. The van der Waals surface area contributed by atoms with Crippen LogP contribution < -0.4 is 0 Å². The molecule has 1 atom stereocenters. The van der Waals surface area contributed by atoms with Crippen LogP contribution in [0.1, 0.15) is 12.5 Å². The summed E-state index contributed by atoms with van der Waals surface area (Å²) in [6, 6.07) is 17.1. The fourth-order valence-corrected chi connectivity index (χ4v) is 2.66. The van der Waals surface area contributed by atoms with E-state index in [4.69, 9.17) is 10.00 Å². The van der Waals surface area contributed by atoms with Crippen molar-refractivity contribution in [3.8, 4) is 23.0 Å². The first-order valence-corrected chi connectivity index (χ1v) is 8.46. The number of esters is 1. The number of carbonyl (C=O) groups excluding carboxylic acids is 1. The Morgan fingerprint density at radius 3 is 2.54 bits per heavy atom. The predicted octanol–water partition coefficient (Wildman–Crippen LogP) is 3.45. The van der Waals surface area contributed by atoms with Crippen molar-refractivity contribution < 1.29 is 14.5 Å². The Hall–Kier alpha value is -3.99. The summed E-state index contributed by atoms with van der Waals surface area (Å²) in [6.07, 6.45) is 0.787. The van der Waals surface area contributed by atoms with Crippen LogP contribution in [-0.4, -0.2) is 26.8 Å². The van der Waals surface area contributed by atoms with Crippen molar-refractivity contribution in [2.45, 2.75) is 19.4 Å². The average Bonchev–Trinajstić information content (AvgIpc) is 3.12. The topological polar surface area (TPSA) is 111 Å². The Morgan fingerprint density at radius 1 is 1.25 bits per heavy atom. The predicted molar refractivity (Wildman–Crippen MR) is 101 cm³/mol. The lowest BCUT2D eigenvalue weighted by molar-refractivity contribution is -0.384. The molecule has 2 aromatic carbocycles. The van der Waals surface area contributed by atoms with Crippen molar-refractivity contribution in [1.82, 2.24) is 9.78 Å². The molecule has 8 nitrogen and oxygen atoms in total. The fraction of sp³-hybridized carbons (Fsp3) is 0.150. The molecule has 1 aromatic heterocycles. The van der Waals surface area contributed by atoms with Crippen molar-refractivity contribution in [2.24, 2.45) is 0 Å². The van der Waals surface area contributed by atoms with E-state index in [0.29, 0.717) is 16.8 Å². The summed E-state index contributed by atoms with van der Waals surface area (Å²) in [5.74, 6) is -0.551. The lowest BCUT2D eigenvalue weighted by Crippen LogP contribution is -2.15. The summed E-state index contributed by atoms with van der Waals surface area (Å²) < 4.78 is 6.67. The van der Waals surface area contributed by atoms with Crippen LogP contribution in [0.25, 0.3) is 16.9 Å². The highest BCUT2D eigenvalue weighted by atomic mass is 16.6. The number of hydrogen-bond acceptors (Lipinski definition) is 6. The number of nitrogens with zero attached hydrogens (tertiary/aromatic N) is 4. The van der Waals surface area contributed by atoms with Crippen LogP contribution in [0.4, 0.5) is 5.69 Å². The van der Waals surface area contributed by atoms with E-state index in [1.807, 2.05) is 36.4 Å². The Labute approximate surface area is 160 Å². The van der Waals surface area contributed by atoms with Crippen LogP contribution in [0.2, 0.25) is 0 Å². The van der Waals surface area contributed by atoms with Crippen LogP contribution in [0.15, 0.2) is 60.8 Å². The number of nitriles is 1. The molecule has 0 aliphatic heterocycles. The zero-order valence-corrected chi connectivity index (χ0v) is 15.0. The van der Waals surface area contributed by atoms with Gasteiger partial charge < -0.3 is 4.74 Å². The number of non-ortho nitro benzene ring substituents is 1. The zero-order chi connectivity index (χ0) is 20.1. The third-order valence-corrected chi connectivity index (χ3v) is 3.99. The number of hydrogen-bond donors (Lipinski definition) is 0. The largest absolute Gasteiger partial charge is 0.447 e. The molecule has 0 saturated carbocycles. The van der Waals surface area contributed by atoms with Crippen molar-refractivity contribution in [3.63, 3.8) is 0 Å². The third kappa shape index (κ3) is 4.22. The maximum absolute atomic E-state index is 12.2. The van der Waals surface area contributed by atoms with Gasteiger partial charge in [-0.3, -0.25) is 14.9 Å². The number of benzene rings is 2. The van der Waals surface area contributed by atoms with Gasteiger partial charge in [-0.15, -0.1) is 0 Å². The van der Waals surface area contributed by atoms with Gasteiger partial charge in [0.05, 0.1) is 22.7 Å². The highest BCUT2D eigenvalue weighted by Crippen LogP contribution is 2.26. The van der Waals surface area contributed by atoms with E-state index < -0.39 is 17.0 Å². The van der Waals surface area contributed by atoms with Gasteiger partial charge in [0.2, 0.25) is 0 Å². The van der Waals surface area contributed by atoms with Crippen LogP contribution >= 0.6 is 0 Å². The van der Waals surface area contributed by atoms with Gasteiger partial charge in [-0.05, 0) is 31.2 Å². The number of rotatable bonds is 6. The standard InChI is InChI=1S/C20H16N4O4/c1-14(12-21)28-19(25)11-16-13-23(17-5-3-2-4-6-17)22-20(16)15-7-9-18(10-8-15)24(26)27/h2-10,13-14H,11H2,1H3/t14-/m1/s1. The lowest BCUT2D eigenvalue weighted by Gasteiger charge is -2.06. The van der Waals surface area contributed by atoms with Crippen LogP contribution in [-0.2, 0) is 16.0 Å². The molecule has 0 spiro atoms. The third-order valence-electron chi connectivity index (χ3n) is 3.99. The minimum absolute atomic E-state index is 0.0324. The highest BCUT2D eigenvalue weighted by molar-refractivity contribution is 5.77. The number of nitro benzene ring substituents is 1. The summed E-state index contributed by atoms with van der Waals surface area (Å²) in [4.78, 5) is 22.6. The first-order chi connectivity index (χ1) is 13.5. The second-order valence-electron chi connectivity index (χ2n) is 6.03. The molecule has 0 bridgehead atoms. The molecule has 0 aliphatic rings. The lowest BCUT2D eigenvalue weighted by atomic mass is 10.1. The van der Waals surface area contributed by atoms with Gasteiger partial charge >= 0.3 is 5.97 Å². The van der Waals surface area contributed by atoms with E-state index in [1.54, 1.807) is 23.0 Å². The Kier molecular flexibility index (Phi) is 5.46. The van der Waals surface area contributed by atoms with Crippen molar-refractivity contribution >= 4 is 11.7 Å². The monoisotopic (exact) mass is 376 g/mol. The smallest absolute Gasteiger partial charge is 0.311 e. The molecule has 140 valence electrons. The highest BCUT2D eigenvalue weighted by Gasteiger charge is 2.18. The quantitative estimate of drug-likeness (QED) is 0.370. The molecule has 0 radical (unpaired) electrons. The molecule has 0 saturated heterocycles. The summed E-state index contributed by atoms with van der Waals surface area (Å²) >= 11 is 0. The molecule has 3 rings (SSSR count). The fourth-order valence-electron chi connectivity index (χ4n) is 2.66. The average molecular weight is 376 g/mol. The van der Waals surface area contributed by atoms with Crippen molar-refractivity contribution in [1.29, 1.82) is 5.26 Å². The maximum Gasteiger partial charge on any atom is 0.311 e.